The van der Waals surface area contributed by atoms with Crippen molar-refractivity contribution in [3.8, 4) is 0 Å². The monoisotopic (exact) mass is 188 g/mol. The molecule has 4 nitrogen and oxygen atoms in total. The van der Waals surface area contributed by atoms with E-state index < -0.39 is 0 Å². The fraction of sp³-hybridized carbons (Fsp3) is 0.571. The molecule has 0 aliphatic rings. The molecule has 5 heteroatoms. The highest BCUT2D eigenvalue weighted by Gasteiger charge is 2.08. The zero-order valence-electron chi connectivity index (χ0n) is 7.11. The van der Waals surface area contributed by atoms with Gasteiger partial charge in [-0.25, -0.2) is 10.9 Å². The highest BCUT2D eigenvalue weighted by atomic mass is 32.1. The average Bonchev–Trinajstić information content (AvgIpc) is 2.52. The third-order valence-corrected chi connectivity index (χ3v) is 2.30. The van der Waals surface area contributed by atoms with Crippen LogP contribution in [0, 0.1) is 0 Å². The maximum atomic E-state index is 5.02. The Bertz CT molecular complexity index is 239. The summed E-state index contributed by atoms with van der Waals surface area (Å²) in [6, 6.07) is 0. The van der Waals surface area contributed by atoms with E-state index in [-0.39, 0.29) is 6.10 Å². The number of hydrogen-bond acceptors (Lipinski definition) is 5. The third-order valence-electron chi connectivity index (χ3n) is 1.46. The van der Waals surface area contributed by atoms with Crippen molar-refractivity contribution in [1.29, 1.82) is 0 Å². The fourth-order valence-corrected chi connectivity index (χ4v) is 1.62. The van der Waals surface area contributed by atoms with Crippen LogP contribution in [0.15, 0.2) is 5.38 Å². The predicted molar refractivity (Wildman–Crippen MR) is 46.5 cm³/mol. The van der Waals surface area contributed by atoms with Gasteiger partial charge in [0.1, 0.15) is 11.1 Å². The van der Waals surface area contributed by atoms with Crippen LogP contribution in [0.2, 0.25) is 0 Å². The van der Waals surface area contributed by atoms with Crippen molar-refractivity contribution in [1.82, 2.24) is 4.98 Å². The van der Waals surface area contributed by atoms with Crippen LogP contribution >= 0.6 is 11.3 Å². The number of aromatic nitrogens is 1. The molecule has 0 saturated carbocycles. The summed E-state index contributed by atoms with van der Waals surface area (Å²) >= 11 is 1.55. The first-order valence-corrected chi connectivity index (χ1v) is 4.44. The lowest BCUT2D eigenvalue weighted by Gasteiger charge is -2.02. The van der Waals surface area contributed by atoms with Crippen LogP contribution in [0.5, 0.6) is 0 Å². The molecule has 1 atom stereocenters. The normalized spacial score (nSPS) is 13.2. The van der Waals surface area contributed by atoms with Gasteiger partial charge in [0.05, 0.1) is 12.3 Å². The van der Waals surface area contributed by atoms with Gasteiger partial charge in [0.2, 0.25) is 0 Å². The van der Waals surface area contributed by atoms with Crippen LogP contribution in [0.3, 0.4) is 0 Å². The molecule has 0 aromatic carbocycles. The minimum Gasteiger partial charge on any atom is -0.378 e. The van der Waals surface area contributed by atoms with E-state index in [4.69, 9.17) is 10.6 Å². The summed E-state index contributed by atoms with van der Waals surface area (Å²) in [6.45, 7) is 2.40. The molecule has 68 valence electrons. The summed E-state index contributed by atoms with van der Waals surface area (Å²) < 4.78 is 4.93. The van der Waals surface area contributed by atoms with Crippen LogP contribution in [0.25, 0.3) is 0 Å². The van der Waals surface area contributed by atoms with Crippen molar-refractivity contribution in [3.05, 3.63) is 16.1 Å². The van der Waals surface area contributed by atoms with E-state index in [0.29, 0.717) is 6.61 Å². The van der Waals surface area contributed by atoms with Gasteiger partial charge in [-0.15, -0.1) is 11.3 Å². The molecule has 1 unspecified atom stereocenters. The molecular formula is C7H12N2O2S. The van der Waals surface area contributed by atoms with E-state index in [2.05, 4.69) is 9.82 Å². The Kier molecular flexibility index (Phi) is 3.61. The van der Waals surface area contributed by atoms with Crippen molar-refractivity contribution >= 4 is 11.3 Å². The molecule has 0 radical (unpaired) electrons. The van der Waals surface area contributed by atoms with Crippen molar-refractivity contribution in [3.63, 3.8) is 0 Å². The lowest BCUT2D eigenvalue weighted by atomic mass is 10.3. The second kappa shape index (κ2) is 4.51. The second-order valence-electron chi connectivity index (χ2n) is 2.38. The molecule has 0 aliphatic carbocycles. The molecule has 1 aromatic rings. The van der Waals surface area contributed by atoms with Crippen LogP contribution in [0.1, 0.15) is 23.7 Å². The average molecular weight is 188 g/mol. The van der Waals surface area contributed by atoms with Gasteiger partial charge in [-0.3, -0.25) is 4.84 Å². The van der Waals surface area contributed by atoms with Gasteiger partial charge in [-0.1, -0.05) is 0 Å². The smallest absolute Gasteiger partial charge is 0.119 e. The molecule has 0 saturated heterocycles. The van der Waals surface area contributed by atoms with E-state index in [1.54, 1.807) is 18.4 Å². The molecule has 1 rings (SSSR count). The standard InChI is InChI=1S/C7H12N2O2S/c1-5(11-8)6-4-12-7(9-6)3-10-2/h4-5H,3,8H2,1-2H3. The Morgan fingerprint density at radius 2 is 2.50 bits per heavy atom. The Labute approximate surface area is 75.3 Å². The second-order valence-corrected chi connectivity index (χ2v) is 3.32. The zero-order chi connectivity index (χ0) is 8.97. The number of thiazole rings is 1. The van der Waals surface area contributed by atoms with Crippen LogP contribution in [0.4, 0.5) is 0 Å². The van der Waals surface area contributed by atoms with Gasteiger partial charge < -0.3 is 4.74 Å². The summed E-state index contributed by atoms with van der Waals surface area (Å²) in [6.07, 6.45) is -0.146. The van der Waals surface area contributed by atoms with E-state index in [1.165, 1.54) is 0 Å². The molecule has 12 heavy (non-hydrogen) atoms. The first-order chi connectivity index (χ1) is 5.77. The predicted octanol–water partition coefficient (Wildman–Crippen LogP) is 1.24. The highest BCUT2D eigenvalue weighted by molar-refractivity contribution is 7.09. The van der Waals surface area contributed by atoms with Crippen LogP contribution in [-0.4, -0.2) is 12.1 Å². The van der Waals surface area contributed by atoms with Crippen LogP contribution in [-0.2, 0) is 16.2 Å². The maximum Gasteiger partial charge on any atom is 0.119 e. The van der Waals surface area contributed by atoms with Crippen molar-refractivity contribution in [2.45, 2.75) is 19.6 Å². The SMILES string of the molecule is COCc1nc(C(C)ON)cs1. The Hall–Kier alpha value is -0.490. The molecule has 0 amide bonds. The fourth-order valence-electron chi connectivity index (χ4n) is 0.771. The number of methoxy groups -OCH3 is 1. The third kappa shape index (κ3) is 2.25. The molecule has 1 aromatic heterocycles. The minimum atomic E-state index is -0.146. The molecule has 1 heterocycles. The Morgan fingerprint density at radius 3 is 3.08 bits per heavy atom. The van der Waals surface area contributed by atoms with Gasteiger partial charge in [0.25, 0.3) is 0 Å². The minimum absolute atomic E-state index is 0.146. The van der Waals surface area contributed by atoms with Crippen molar-refractivity contribution < 1.29 is 9.57 Å². The topological polar surface area (TPSA) is 57.4 Å². The van der Waals surface area contributed by atoms with Gasteiger partial charge in [-0.2, -0.15) is 0 Å². The van der Waals surface area contributed by atoms with Crippen molar-refractivity contribution in [2.75, 3.05) is 7.11 Å². The largest absolute Gasteiger partial charge is 0.378 e. The Morgan fingerprint density at radius 1 is 1.75 bits per heavy atom. The van der Waals surface area contributed by atoms with E-state index in [9.17, 15) is 0 Å². The van der Waals surface area contributed by atoms with E-state index in [0.717, 1.165) is 10.7 Å². The molecule has 0 fully saturated rings. The lowest BCUT2D eigenvalue weighted by molar-refractivity contribution is 0.0635. The zero-order valence-corrected chi connectivity index (χ0v) is 7.93. The Balaban J connectivity index is 2.63. The highest BCUT2D eigenvalue weighted by Crippen LogP contribution is 2.18. The van der Waals surface area contributed by atoms with Gasteiger partial charge in [-0.05, 0) is 6.92 Å². The molecule has 0 spiro atoms. The summed E-state index contributed by atoms with van der Waals surface area (Å²) in [4.78, 5) is 8.89. The van der Waals surface area contributed by atoms with E-state index in [1.807, 2.05) is 12.3 Å². The van der Waals surface area contributed by atoms with Gasteiger partial charge in [0, 0.05) is 12.5 Å². The number of nitrogens with two attached hydrogens (primary N) is 1. The number of rotatable bonds is 4. The number of hydrogen-bond donors (Lipinski definition) is 1. The summed E-state index contributed by atoms with van der Waals surface area (Å²) in [5, 5.41) is 2.86. The van der Waals surface area contributed by atoms with Crippen LogP contribution < -0.4 is 5.90 Å². The quantitative estimate of drug-likeness (QED) is 0.722. The first kappa shape index (κ1) is 9.60. The molecular weight excluding hydrogens is 176 g/mol. The number of ether oxygens (including phenoxy) is 1. The summed E-state index contributed by atoms with van der Waals surface area (Å²) in [5.41, 5.74) is 0.856. The lowest BCUT2D eigenvalue weighted by Crippen LogP contribution is -2.05. The van der Waals surface area contributed by atoms with Crippen molar-refractivity contribution in [2.24, 2.45) is 5.90 Å². The molecule has 0 aliphatic heterocycles. The first-order valence-electron chi connectivity index (χ1n) is 3.56. The number of nitrogens with zero attached hydrogens (tertiary/aromatic N) is 1. The molecule has 0 bridgehead atoms. The van der Waals surface area contributed by atoms with Gasteiger partial charge in [0.15, 0.2) is 0 Å². The van der Waals surface area contributed by atoms with E-state index >= 15 is 0 Å². The summed E-state index contributed by atoms with van der Waals surface area (Å²) in [7, 11) is 1.64. The van der Waals surface area contributed by atoms with Gasteiger partial charge >= 0.3 is 0 Å². The maximum absolute atomic E-state index is 5.02. The summed E-state index contributed by atoms with van der Waals surface area (Å²) in [5.74, 6) is 5.02. The molecule has 2 N–H and O–H groups in total.